The molecule has 0 aliphatic rings. The van der Waals surface area contributed by atoms with Crippen LogP contribution in [0.3, 0.4) is 0 Å². The molecule has 0 saturated heterocycles. The van der Waals surface area contributed by atoms with Crippen LogP contribution in [0.2, 0.25) is 5.02 Å². The molecular weight excluding hydrogens is 336 g/mol. The first-order valence-corrected chi connectivity index (χ1v) is 12.8. The second kappa shape index (κ2) is 8.21. The molecule has 0 radical (unpaired) electrons. The van der Waals surface area contributed by atoms with Crippen LogP contribution in [0.4, 0.5) is 0 Å². The molecule has 3 heteroatoms. The predicted octanol–water partition coefficient (Wildman–Crippen LogP) is 3.75. The normalized spacial score (nSPS) is 8.33. The number of halogens is 2. The molecule has 0 saturated carbocycles. The molecule has 12 heavy (non-hydrogen) atoms. The van der Waals surface area contributed by atoms with Gasteiger partial charge in [0.1, 0.15) is 0 Å². The van der Waals surface area contributed by atoms with Gasteiger partial charge in [-0.15, -0.1) is 0 Å². The van der Waals surface area contributed by atoms with Crippen LogP contribution in [0.1, 0.15) is 5.56 Å². The third-order valence-electron chi connectivity index (χ3n) is 1.24. The zero-order chi connectivity index (χ0) is 9.40. The fourth-order valence-electron chi connectivity index (χ4n) is 0.747. The van der Waals surface area contributed by atoms with Gasteiger partial charge >= 0.3 is 34.5 Å². The van der Waals surface area contributed by atoms with Gasteiger partial charge in [-0.05, 0) is 12.1 Å². The SMILES string of the molecule is C=[C-]Cc1ccc(Cl)cc1.[Zn+][I]. The average Bonchev–Trinajstić information content (AvgIpc) is 2.13. The van der Waals surface area contributed by atoms with Gasteiger partial charge in [0.05, 0.1) is 0 Å². The zero-order valence-electron chi connectivity index (χ0n) is 6.69. The Morgan fingerprint density at radius 3 is 2.25 bits per heavy atom. The van der Waals surface area contributed by atoms with Gasteiger partial charge < -0.3 is 6.08 Å². The summed E-state index contributed by atoms with van der Waals surface area (Å²) in [5, 5.41) is 0.771. The van der Waals surface area contributed by atoms with Crippen molar-refractivity contribution in [2.24, 2.45) is 0 Å². The molecule has 0 fully saturated rings. The second-order valence-electron chi connectivity index (χ2n) is 2.05. The molecule has 0 atom stereocenters. The van der Waals surface area contributed by atoms with Crippen LogP contribution in [0, 0.1) is 6.08 Å². The Bertz CT molecular complexity index is 220. The van der Waals surface area contributed by atoms with E-state index in [2.05, 4.69) is 32.4 Å². The third kappa shape index (κ3) is 5.28. The van der Waals surface area contributed by atoms with Gasteiger partial charge in [-0.25, -0.2) is 0 Å². The third-order valence-corrected chi connectivity index (χ3v) is 1.49. The van der Waals surface area contributed by atoms with Crippen molar-refractivity contribution in [3.8, 4) is 0 Å². The fourth-order valence-corrected chi connectivity index (χ4v) is 0.873. The molecular formula is C9H8ClIZn. The fraction of sp³-hybridized carbons (Fsp3) is 0.111. The van der Waals surface area contributed by atoms with Crippen LogP contribution in [0.15, 0.2) is 30.8 Å². The summed E-state index contributed by atoms with van der Waals surface area (Å²) < 4.78 is 0. The molecule has 1 aromatic carbocycles. The summed E-state index contributed by atoms with van der Waals surface area (Å²) in [5.41, 5.74) is 1.19. The van der Waals surface area contributed by atoms with Gasteiger partial charge in [0.2, 0.25) is 0 Å². The number of allylic oxidation sites excluding steroid dienone is 1. The summed E-state index contributed by atoms with van der Waals surface area (Å²) >= 11 is 9.30. The summed E-state index contributed by atoms with van der Waals surface area (Å²) in [6, 6.07) is 7.68. The van der Waals surface area contributed by atoms with Crippen LogP contribution in [0.25, 0.3) is 0 Å². The molecule has 0 bridgehead atoms. The van der Waals surface area contributed by atoms with Crippen molar-refractivity contribution in [1.82, 2.24) is 0 Å². The minimum absolute atomic E-state index is 0.771. The van der Waals surface area contributed by atoms with Crippen molar-refractivity contribution in [2.75, 3.05) is 0 Å². The van der Waals surface area contributed by atoms with E-state index in [9.17, 15) is 0 Å². The molecule has 0 nitrogen and oxygen atoms in total. The van der Waals surface area contributed by atoms with Crippen molar-refractivity contribution >= 4 is 31.4 Å². The number of rotatable bonds is 2. The van der Waals surface area contributed by atoms with Crippen LogP contribution >= 0.6 is 31.4 Å². The summed E-state index contributed by atoms with van der Waals surface area (Å²) in [4.78, 5) is 0. The van der Waals surface area contributed by atoms with Gasteiger partial charge in [-0.3, -0.25) is 6.58 Å². The zero-order valence-corrected chi connectivity index (χ0v) is 12.6. The second-order valence-corrected chi connectivity index (χ2v) is 2.49. The summed E-state index contributed by atoms with van der Waals surface area (Å²) in [7, 11) is 0. The van der Waals surface area contributed by atoms with E-state index in [-0.39, 0.29) is 0 Å². The van der Waals surface area contributed by atoms with E-state index in [0.29, 0.717) is 0 Å². The van der Waals surface area contributed by atoms with E-state index in [4.69, 9.17) is 11.6 Å². The molecule has 0 heterocycles. The molecule has 0 spiro atoms. The van der Waals surface area contributed by atoms with E-state index in [1.165, 1.54) is 20.4 Å². The van der Waals surface area contributed by atoms with Gasteiger partial charge in [-0.1, -0.05) is 29.3 Å². The Labute approximate surface area is 99.3 Å². The first-order chi connectivity index (χ1) is 5.83. The van der Waals surface area contributed by atoms with Crippen LogP contribution in [0.5, 0.6) is 0 Å². The molecule has 1 aromatic rings. The van der Waals surface area contributed by atoms with Crippen molar-refractivity contribution in [1.29, 1.82) is 0 Å². The number of hydrogen-bond donors (Lipinski definition) is 0. The van der Waals surface area contributed by atoms with Crippen molar-refractivity contribution < 1.29 is 14.8 Å². The Hall–Kier alpha value is 0.603. The van der Waals surface area contributed by atoms with Crippen molar-refractivity contribution in [3.05, 3.63) is 47.5 Å². The molecule has 0 aliphatic carbocycles. The minimum atomic E-state index is 0.771. The molecule has 0 aliphatic heterocycles. The van der Waals surface area contributed by atoms with Crippen molar-refractivity contribution in [3.63, 3.8) is 0 Å². The Balaban J connectivity index is 0.000000561. The number of benzene rings is 1. The van der Waals surface area contributed by atoms with Gasteiger partial charge in [0.25, 0.3) is 0 Å². The molecule has 1 rings (SSSR count). The van der Waals surface area contributed by atoms with Crippen LogP contribution in [-0.2, 0) is 21.2 Å². The Kier molecular flexibility index (Phi) is 8.63. The standard InChI is InChI=1S/C9H8Cl.HI.Zn/c1-2-3-8-4-6-9(10)7-5-8;;/h4-7H,1,3H2;1H;/q-1;;+2/p-1. The van der Waals surface area contributed by atoms with Gasteiger partial charge in [0, 0.05) is 5.02 Å². The Morgan fingerprint density at radius 1 is 1.33 bits per heavy atom. The maximum absolute atomic E-state index is 5.68. The summed E-state index contributed by atoms with van der Waals surface area (Å²) in [6.45, 7) is 3.52. The quantitative estimate of drug-likeness (QED) is 0.436. The average molecular weight is 344 g/mol. The first-order valence-electron chi connectivity index (χ1n) is 3.34. The van der Waals surface area contributed by atoms with Crippen LogP contribution < -0.4 is 0 Å². The first kappa shape index (κ1) is 12.6. The predicted molar refractivity (Wildman–Crippen MR) is 58.0 cm³/mol. The molecule has 0 aromatic heterocycles. The summed E-state index contributed by atoms with van der Waals surface area (Å²) in [6.07, 6.45) is 3.60. The van der Waals surface area contributed by atoms with E-state index in [1.54, 1.807) is 0 Å². The molecule has 0 N–H and O–H groups in total. The van der Waals surface area contributed by atoms with Crippen LogP contribution in [-0.4, -0.2) is 0 Å². The maximum atomic E-state index is 5.68. The Morgan fingerprint density at radius 2 is 1.83 bits per heavy atom. The van der Waals surface area contributed by atoms with E-state index >= 15 is 0 Å². The summed E-state index contributed by atoms with van der Waals surface area (Å²) in [5.74, 6) is 0. The topological polar surface area (TPSA) is 0 Å². The molecule has 60 valence electrons. The van der Waals surface area contributed by atoms with E-state index in [0.717, 1.165) is 11.4 Å². The van der Waals surface area contributed by atoms with E-state index in [1.807, 2.05) is 24.3 Å². The van der Waals surface area contributed by atoms with Gasteiger partial charge in [0.15, 0.2) is 0 Å². The van der Waals surface area contributed by atoms with E-state index < -0.39 is 0 Å². The van der Waals surface area contributed by atoms with Crippen molar-refractivity contribution in [2.45, 2.75) is 6.42 Å². The molecule has 0 amide bonds. The molecule has 0 unspecified atom stereocenters. The van der Waals surface area contributed by atoms with Gasteiger partial charge in [-0.2, -0.15) is 6.42 Å². The monoisotopic (exact) mass is 342 g/mol. The number of hydrogen-bond acceptors (Lipinski definition) is 0.